The molecule has 7 heteroatoms. The number of nitrogens with two attached hydrogens (primary N) is 1. The zero-order chi connectivity index (χ0) is 14.5. The van der Waals surface area contributed by atoms with Crippen molar-refractivity contribution < 1.29 is 9.13 Å². The lowest BCUT2D eigenvalue weighted by molar-refractivity contribution is 0.303. The Morgan fingerprint density at radius 1 is 1.35 bits per heavy atom. The molecule has 2 rings (SSSR count). The molecule has 0 spiro atoms. The molecule has 0 radical (unpaired) electrons. The van der Waals surface area contributed by atoms with E-state index in [-0.39, 0.29) is 23.0 Å². The third-order valence-electron chi connectivity index (χ3n) is 2.42. The van der Waals surface area contributed by atoms with Crippen molar-refractivity contribution in [1.29, 1.82) is 0 Å². The molecule has 0 saturated carbocycles. The van der Waals surface area contributed by atoms with Gasteiger partial charge in [-0.05, 0) is 31.2 Å². The molecule has 0 aliphatic heterocycles. The Morgan fingerprint density at radius 2 is 2.05 bits per heavy atom. The normalized spacial score (nSPS) is 11.9. The van der Waals surface area contributed by atoms with Crippen LogP contribution in [0.4, 0.5) is 16.2 Å². The van der Waals surface area contributed by atoms with Gasteiger partial charge in [-0.25, -0.2) is 9.37 Å². The van der Waals surface area contributed by atoms with Crippen molar-refractivity contribution in [2.75, 3.05) is 17.7 Å². The Balaban J connectivity index is 1.88. The van der Waals surface area contributed by atoms with Crippen molar-refractivity contribution in [3.8, 4) is 5.75 Å². The van der Waals surface area contributed by atoms with Gasteiger partial charge in [-0.2, -0.15) is 4.98 Å². The lowest BCUT2D eigenvalue weighted by atomic mass is 10.3. The lowest BCUT2D eigenvalue weighted by Gasteiger charge is -2.15. The van der Waals surface area contributed by atoms with Crippen molar-refractivity contribution in [2.24, 2.45) is 0 Å². The molecule has 2 aromatic rings. The van der Waals surface area contributed by atoms with Crippen molar-refractivity contribution >= 4 is 23.4 Å². The van der Waals surface area contributed by atoms with Crippen molar-refractivity contribution in [3.63, 3.8) is 0 Å². The molecule has 5 nitrogen and oxygen atoms in total. The highest BCUT2D eigenvalue weighted by Gasteiger charge is 2.06. The summed E-state index contributed by atoms with van der Waals surface area (Å²) in [6.45, 7) is 2.29. The number of halogens is 2. The third-order valence-corrected chi connectivity index (χ3v) is 2.61. The molecule has 1 aromatic heterocycles. The van der Waals surface area contributed by atoms with Crippen molar-refractivity contribution in [2.45, 2.75) is 13.0 Å². The van der Waals surface area contributed by atoms with Gasteiger partial charge < -0.3 is 15.8 Å². The molecule has 1 unspecified atom stereocenters. The maximum Gasteiger partial charge on any atom is 0.223 e. The van der Waals surface area contributed by atoms with Crippen LogP contribution in [-0.4, -0.2) is 22.6 Å². The minimum atomic E-state index is -0.297. The van der Waals surface area contributed by atoms with Gasteiger partial charge in [0.2, 0.25) is 5.95 Å². The summed E-state index contributed by atoms with van der Waals surface area (Å²) in [5.41, 5.74) is 5.50. The van der Waals surface area contributed by atoms with Gasteiger partial charge in [-0.3, -0.25) is 0 Å². The first-order valence-corrected chi connectivity index (χ1v) is 6.35. The highest BCUT2D eigenvalue weighted by molar-refractivity contribution is 6.29. The van der Waals surface area contributed by atoms with E-state index in [2.05, 4.69) is 15.3 Å². The molecule has 0 saturated heterocycles. The highest BCUT2D eigenvalue weighted by Crippen LogP contribution is 2.15. The average Bonchev–Trinajstić information content (AvgIpc) is 2.37. The van der Waals surface area contributed by atoms with E-state index in [1.165, 1.54) is 12.1 Å². The SMILES string of the molecule is CC(COc1ccc(F)cc1)Nc1cc(Cl)nc(N)n1. The number of hydrogen-bond acceptors (Lipinski definition) is 5. The number of anilines is 2. The Bertz CT molecular complexity index is 559. The lowest BCUT2D eigenvalue weighted by Crippen LogP contribution is -2.24. The van der Waals surface area contributed by atoms with Crippen LogP contribution in [0.25, 0.3) is 0 Å². The van der Waals surface area contributed by atoms with E-state index in [1.54, 1.807) is 18.2 Å². The van der Waals surface area contributed by atoms with E-state index in [1.807, 2.05) is 6.92 Å². The second-order valence-corrected chi connectivity index (χ2v) is 4.63. The first-order chi connectivity index (χ1) is 9.52. The summed E-state index contributed by atoms with van der Waals surface area (Å²) in [5.74, 6) is 0.930. The van der Waals surface area contributed by atoms with Gasteiger partial charge in [0, 0.05) is 6.07 Å². The highest BCUT2D eigenvalue weighted by atomic mass is 35.5. The van der Waals surface area contributed by atoms with Crippen LogP contribution in [0.5, 0.6) is 5.75 Å². The van der Waals surface area contributed by atoms with Crippen molar-refractivity contribution in [1.82, 2.24) is 9.97 Å². The molecule has 0 bridgehead atoms. The zero-order valence-electron chi connectivity index (χ0n) is 10.8. The number of nitrogens with zero attached hydrogens (tertiary/aromatic N) is 2. The minimum absolute atomic E-state index is 0.0366. The van der Waals surface area contributed by atoms with Crippen LogP contribution >= 0.6 is 11.6 Å². The number of nitrogens with one attached hydrogen (secondary N) is 1. The molecule has 20 heavy (non-hydrogen) atoms. The fraction of sp³-hybridized carbons (Fsp3) is 0.231. The number of aromatic nitrogens is 2. The van der Waals surface area contributed by atoms with Crippen molar-refractivity contribution in [3.05, 3.63) is 41.3 Å². The van der Waals surface area contributed by atoms with Crippen LogP contribution in [0.15, 0.2) is 30.3 Å². The van der Waals surface area contributed by atoms with Gasteiger partial charge >= 0.3 is 0 Å². The van der Waals surface area contributed by atoms with E-state index in [0.29, 0.717) is 18.2 Å². The largest absolute Gasteiger partial charge is 0.491 e. The van der Waals surface area contributed by atoms with E-state index < -0.39 is 0 Å². The Labute approximate surface area is 120 Å². The van der Waals surface area contributed by atoms with Crippen LogP contribution in [0.3, 0.4) is 0 Å². The Morgan fingerprint density at radius 3 is 2.70 bits per heavy atom. The fourth-order valence-corrected chi connectivity index (χ4v) is 1.75. The van der Waals surface area contributed by atoms with Crippen LogP contribution in [-0.2, 0) is 0 Å². The van der Waals surface area contributed by atoms with E-state index in [4.69, 9.17) is 22.1 Å². The fourth-order valence-electron chi connectivity index (χ4n) is 1.56. The van der Waals surface area contributed by atoms with Gasteiger partial charge in [-0.15, -0.1) is 0 Å². The molecule has 1 atom stereocenters. The predicted molar refractivity (Wildman–Crippen MR) is 76.4 cm³/mol. The second kappa shape index (κ2) is 6.38. The summed E-state index contributed by atoms with van der Waals surface area (Å²) in [6, 6.07) is 7.37. The molecule has 0 aliphatic rings. The van der Waals surface area contributed by atoms with E-state index in [9.17, 15) is 4.39 Å². The van der Waals surface area contributed by atoms with Crippen LogP contribution in [0, 0.1) is 5.82 Å². The van der Waals surface area contributed by atoms with E-state index in [0.717, 1.165) is 0 Å². The summed E-state index contributed by atoms with van der Waals surface area (Å²) < 4.78 is 18.3. The van der Waals surface area contributed by atoms with E-state index >= 15 is 0 Å². The number of hydrogen-bond donors (Lipinski definition) is 2. The third kappa shape index (κ3) is 4.24. The molecule has 0 amide bonds. The number of ether oxygens (including phenoxy) is 1. The average molecular weight is 297 g/mol. The minimum Gasteiger partial charge on any atom is -0.491 e. The summed E-state index contributed by atoms with van der Waals surface area (Å²) >= 11 is 5.78. The summed E-state index contributed by atoms with van der Waals surface area (Å²) in [7, 11) is 0. The summed E-state index contributed by atoms with van der Waals surface area (Å²) in [4.78, 5) is 7.78. The topological polar surface area (TPSA) is 73.1 Å². The van der Waals surface area contributed by atoms with Gasteiger partial charge in [0.15, 0.2) is 0 Å². The summed E-state index contributed by atoms with van der Waals surface area (Å²) in [5, 5.41) is 3.36. The number of benzene rings is 1. The molecular formula is C13H14ClFN4O. The Kier molecular flexibility index (Phi) is 4.57. The quantitative estimate of drug-likeness (QED) is 0.830. The Hall–Kier alpha value is -2.08. The molecule has 1 aromatic carbocycles. The maximum atomic E-state index is 12.7. The monoisotopic (exact) mass is 296 g/mol. The second-order valence-electron chi connectivity index (χ2n) is 4.24. The number of rotatable bonds is 5. The van der Waals surface area contributed by atoms with Gasteiger partial charge in [0.05, 0.1) is 6.04 Å². The molecule has 3 N–H and O–H groups in total. The molecule has 0 fully saturated rings. The molecule has 106 valence electrons. The first kappa shape index (κ1) is 14.3. The summed E-state index contributed by atoms with van der Waals surface area (Å²) in [6.07, 6.45) is 0. The van der Waals surface area contributed by atoms with Gasteiger partial charge in [0.25, 0.3) is 0 Å². The van der Waals surface area contributed by atoms with Gasteiger partial charge in [0.1, 0.15) is 29.1 Å². The molecule has 1 heterocycles. The van der Waals surface area contributed by atoms with Crippen LogP contribution in [0.2, 0.25) is 5.15 Å². The smallest absolute Gasteiger partial charge is 0.223 e. The first-order valence-electron chi connectivity index (χ1n) is 5.98. The van der Waals surface area contributed by atoms with Gasteiger partial charge in [-0.1, -0.05) is 11.6 Å². The van der Waals surface area contributed by atoms with Crippen LogP contribution in [0.1, 0.15) is 6.92 Å². The molecular weight excluding hydrogens is 283 g/mol. The number of nitrogen functional groups attached to an aromatic ring is 1. The molecule has 0 aliphatic carbocycles. The maximum absolute atomic E-state index is 12.7. The zero-order valence-corrected chi connectivity index (χ0v) is 11.6. The van der Waals surface area contributed by atoms with Crippen LogP contribution < -0.4 is 15.8 Å². The standard InChI is InChI=1S/C13H14ClFN4O/c1-8(7-20-10-4-2-9(15)3-5-10)17-12-6-11(14)18-13(16)19-12/h2-6,8H,7H2,1H3,(H3,16,17,18,19). The predicted octanol–water partition coefficient (Wildman–Crippen LogP) is 2.73.